The zero-order chi connectivity index (χ0) is 11.4. The van der Waals surface area contributed by atoms with E-state index in [1.54, 1.807) is 29.4 Å². The van der Waals surface area contributed by atoms with Crippen molar-refractivity contribution >= 4 is 12.3 Å². The number of hydrogen-bond donors (Lipinski definition) is 1. The first-order valence-electron chi connectivity index (χ1n) is 5.20. The summed E-state index contributed by atoms with van der Waals surface area (Å²) in [5.41, 5.74) is 0.597. The summed E-state index contributed by atoms with van der Waals surface area (Å²) in [5, 5.41) is 2.89. The highest BCUT2D eigenvalue weighted by Crippen LogP contribution is 2.07. The zero-order valence-corrected chi connectivity index (χ0v) is 8.80. The lowest BCUT2D eigenvalue weighted by molar-refractivity contribution is -0.117. The molecule has 0 radical (unpaired) electrons. The molecular formula is C11H13N3O2. The molecule has 1 unspecified atom stereocenters. The Kier molecular flexibility index (Phi) is 3.14. The molecule has 1 fully saturated rings. The molecule has 0 spiro atoms. The fraction of sp³-hybridized carbons (Fsp3) is 0.364. The van der Waals surface area contributed by atoms with Crippen LogP contribution in [0.15, 0.2) is 24.5 Å². The maximum Gasteiger partial charge on any atom is 0.251 e. The van der Waals surface area contributed by atoms with Crippen molar-refractivity contribution in [2.45, 2.75) is 12.5 Å². The first-order valence-corrected chi connectivity index (χ1v) is 5.20. The van der Waals surface area contributed by atoms with Crippen molar-refractivity contribution < 1.29 is 9.59 Å². The molecule has 1 atom stereocenters. The van der Waals surface area contributed by atoms with Crippen LogP contribution >= 0.6 is 0 Å². The normalized spacial score (nSPS) is 19.5. The molecule has 2 heterocycles. The average Bonchev–Trinajstić information content (AvgIpc) is 2.78. The van der Waals surface area contributed by atoms with Gasteiger partial charge in [-0.15, -0.1) is 0 Å². The molecule has 84 valence electrons. The Labute approximate surface area is 93.5 Å². The van der Waals surface area contributed by atoms with Crippen molar-refractivity contribution in [3.63, 3.8) is 0 Å². The largest absolute Gasteiger partial charge is 0.347 e. The highest BCUT2D eigenvalue weighted by atomic mass is 16.2. The Morgan fingerprint density at radius 3 is 2.88 bits per heavy atom. The predicted molar refractivity (Wildman–Crippen MR) is 57.7 cm³/mol. The van der Waals surface area contributed by atoms with Gasteiger partial charge in [0.15, 0.2) is 0 Å². The van der Waals surface area contributed by atoms with E-state index >= 15 is 0 Å². The summed E-state index contributed by atoms with van der Waals surface area (Å²) >= 11 is 0. The van der Waals surface area contributed by atoms with Crippen LogP contribution in [0.25, 0.3) is 0 Å². The van der Waals surface area contributed by atoms with Crippen LogP contribution < -0.4 is 5.32 Å². The first-order chi connectivity index (χ1) is 7.79. The third-order valence-electron chi connectivity index (χ3n) is 2.65. The first kappa shape index (κ1) is 10.6. The molecule has 5 heteroatoms. The molecule has 0 aromatic carbocycles. The molecule has 0 bridgehead atoms. The molecule has 5 nitrogen and oxygen atoms in total. The molecule has 1 N–H and O–H groups in total. The Morgan fingerprint density at radius 2 is 2.25 bits per heavy atom. The van der Waals surface area contributed by atoms with Gasteiger partial charge in [0.2, 0.25) is 6.41 Å². The number of pyridine rings is 1. The number of nitrogens with zero attached hydrogens (tertiary/aromatic N) is 2. The van der Waals surface area contributed by atoms with Gasteiger partial charge in [0.1, 0.15) is 0 Å². The van der Waals surface area contributed by atoms with E-state index in [1.165, 1.54) is 0 Å². The van der Waals surface area contributed by atoms with E-state index in [1.807, 2.05) is 0 Å². The van der Waals surface area contributed by atoms with Gasteiger partial charge in [-0.3, -0.25) is 14.6 Å². The SMILES string of the molecule is O=CN1CCC(NC(=O)c2ccncc2)C1. The Hall–Kier alpha value is -1.91. The molecule has 16 heavy (non-hydrogen) atoms. The van der Waals surface area contributed by atoms with Gasteiger partial charge < -0.3 is 10.2 Å². The molecule has 0 saturated carbocycles. The third-order valence-corrected chi connectivity index (χ3v) is 2.65. The van der Waals surface area contributed by atoms with Crippen LogP contribution in [0.5, 0.6) is 0 Å². The molecule has 1 aromatic rings. The number of rotatable bonds is 3. The number of carbonyl (C=O) groups is 2. The summed E-state index contributed by atoms with van der Waals surface area (Å²) in [7, 11) is 0. The predicted octanol–water partition coefficient (Wildman–Crippen LogP) is 0.0421. The fourth-order valence-electron chi connectivity index (χ4n) is 1.77. The second-order valence-corrected chi connectivity index (χ2v) is 3.80. The molecular weight excluding hydrogens is 206 g/mol. The highest BCUT2D eigenvalue weighted by Gasteiger charge is 2.22. The van der Waals surface area contributed by atoms with E-state index in [0.29, 0.717) is 18.7 Å². The minimum Gasteiger partial charge on any atom is -0.347 e. The number of likely N-dealkylation sites (tertiary alicyclic amines) is 1. The highest BCUT2D eigenvalue weighted by molar-refractivity contribution is 5.94. The van der Waals surface area contributed by atoms with Crippen molar-refractivity contribution in [2.75, 3.05) is 13.1 Å². The van der Waals surface area contributed by atoms with Crippen molar-refractivity contribution in [1.29, 1.82) is 0 Å². The maximum atomic E-state index is 11.7. The van der Waals surface area contributed by atoms with E-state index in [4.69, 9.17) is 0 Å². The van der Waals surface area contributed by atoms with E-state index in [9.17, 15) is 9.59 Å². The molecule has 1 saturated heterocycles. The van der Waals surface area contributed by atoms with Gasteiger partial charge in [0.05, 0.1) is 0 Å². The molecule has 0 aliphatic carbocycles. The number of aromatic nitrogens is 1. The van der Waals surface area contributed by atoms with Crippen LogP contribution in [-0.4, -0.2) is 41.3 Å². The summed E-state index contributed by atoms with van der Waals surface area (Å²) < 4.78 is 0. The van der Waals surface area contributed by atoms with Gasteiger partial charge in [-0.25, -0.2) is 0 Å². The van der Waals surface area contributed by atoms with Crippen LogP contribution in [-0.2, 0) is 4.79 Å². The van der Waals surface area contributed by atoms with Crippen LogP contribution in [0.2, 0.25) is 0 Å². The number of hydrogen-bond acceptors (Lipinski definition) is 3. The summed E-state index contributed by atoms with van der Waals surface area (Å²) in [5.74, 6) is -0.111. The van der Waals surface area contributed by atoms with Crippen molar-refractivity contribution in [1.82, 2.24) is 15.2 Å². The van der Waals surface area contributed by atoms with Gasteiger partial charge in [0, 0.05) is 37.1 Å². The average molecular weight is 219 g/mol. The molecule has 1 aliphatic rings. The number of nitrogens with one attached hydrogen (secondary N) is 1. The molecule has 2 amide bonds. The standard InChI is InChI=1S/C11H13N3O2/c15-8-14-6-3-10(7-14)13-11(16)9-1-4-12-5-2-9/h1-2,4-5,8,10H,3,6-7H2,(H,13,16). The van der Waals surface area contributed by atoms with Gasteiger partial charge in [-0.05, 0) is 18.6 Å². The van der Waals surface area contributed by atoms with E-state index in [0.717, 1.165) is 12.8 Å². The number of carbonyl (C=O) groups excluding carboxylic acids is 2. The lowest BCUT2D eigenvalue weighted by atomic mass is 10.2. The lowest BCUT2D eigenvalue weighted by Crippen LogP contribution is -2.36. The summed E-state index contributed by atoms with van der Waals surface area (Å²) in [6.07, 6.45) is 4.80. The van der Waals surface area contributed by atoms with E-state index in [2.05, 4.69) is 10.3 Å². The monoisotopic (exact) mass is 219 g/mol. The van der Waals surface area contributed by atoms with Crippen LogP contribution in [0.3, 0.4) is 0 Å². The topological polar surface area (TPSA) is 62.3 Å². The smallest absolute Gasteiger partial charge is 0.251 e. The van der Waals surface area contributed by atoms with Gasteiger partial charge >= 0.3 is 0 Å². The van der Waals surface area contributed by atoms with Gasteiger partial charge in [-0.2, -0.15) is 0 Å². The number of amides is 2. The van der Waals surface area contributed by atoms with E-state index in [-0.39, 0.29) is 11.9 Å². The molecule has 2 rings (SSSR count). The Bertz CT molecular complexity index is 380. The van der Waals surface area contributed by atoms with Crippen molar-refractivity contribution in [2.24, 2.45) is 0 Å². The minimum absolute atomic E-state index is 0.0610. The second-order valence-electron chi connectivity index (χ2n) is 3.80. The van der Waals surface area contributed by atoms with Crippen molar-refractivity contribution in [3.8, 4) is 0 Å². The Morgan fingerprint density at radius 1 is 1.50 bits per heavy atom. The zero-order valence-electron chi connectivity index (χ0n) is 8.80. The second kappa shape index (κ2) is 4.74. The summed E-state index contributed by atoms with van der Waals surface area (Å²) in [6.45, 7) is 1.31. The third kappa shape index (κ3) is 2.36. The van der Waals surface area contributed by atoms with Crippen LogP contribution in [0.1, 0.15) is 16.8 Å². The fourth-order valence-corrected chi connectivity index (χ4v) is 1.77. The van der Waals surface area contributed by atoms with Crippen molar-refractivity contribution in [3.05, 3.63) is 30.1 Å². The Balaban J connectivity index is 1.91. The van der Waals surface area contributed by atoms with Crippen LogP contribution in [0, 0.1) is 0 Å². The van der Waals surface area contributed by atoms with E-state index < -0.39 is 0 Å². The molecule has 1 aromatic heterocycles. The lowest BCUT2D eigenvalue weighted by Gasteiger charge is -2.12. The summed E-state index contributed by atoms with van der Waals surface area (Å²) in [4.78, 5) is 27.8. The van der Waals surface area contributed by atoms with Crippen LogP contribution in [0.4, 0.5) is 0 Å². The van der Waals surface area contributed by atoms with Gasteiger partial charge in [0.25, 0.3) is 5.91 Å². The molecule has 1 aliphatic heterocycles. The quantitative estimate of drug-likeness (QED) is 0.730. The minimum atomic E-state index is -0.111. The maximum absolute atomic E-state index is 11.7. The van der Waals surface area contributed by atoms with Gasteiger partial charge in [-0.1, -0.05) is 0 Å². The summed E-state index contributed by atoms with van der Waals surface area (Å²) in [6, 6.07) is 3.40.